The van der Waals surface area contributed by atoms with Gasteiger partial charge in [0.2, 0.25) is 5.91 Å². The zero-order valence-electron chi connectivity index (χ0n) is 14.6. The zero-order chi connectivity index (χ0) is 17.1. The number of hydrogen-bond donors (Lipinski definition) is 0. The minimum Gasteiger partial charge on any atom is -0.340 e. The summed E-state index contributed by atoms with van der Waals surface area (Å²) in [6.45, 7) is 4.29. The average molecular weight is 335 g/mol. The van der Waals surface area contributed by atoms with E-state index in [4.69, 9.17) is 0 Å². The van der Waals surface area contributed by atoms with Crippen LogP contribution in [0.4, 0.5) is 0 Å². The first-order chi connectivity index (χ1) is 12.3. The molecule has 0 bridgehead atoms. The molecule has 2 aliphatic heterocycles. The van der Waals surface area contributed by atoms with Gasteiger partial charge in [0.05, 0.1) is 6.54 Å². The van der Waals surface area contributed by atoms with Crippen LogP contribution in [0.1, 0.15) is 35.8 Å². The lowest BCUT2D eigenvalue weighted by atomic mass is 9.89. The fourth-order valence-electron chi connectivity index (χ4n) is 3.95. The Morgan fingerprint density at radius 2 is 1.68 bits per heavy atom. The normalized spacial score (nSPS) is 19.6. The van der Waals surface area contributed by atoms with E-state index in [0.717, 1.165) is 39.0 Å². The smallest absolute Gasteiger partial charge is 0.236 e. The lowest BCUT2D eigenvalue weighted by Gasteiger charge is -2.41. The highest BCUT2D eigenvalue weighted by Crippen LogP contribution is 2.29. The summed E-state index contributed by atoms with van der Waals surface area (Å²) in [4.78, 5) is 21.0. The molecule has 1 aromatic heterocycles. The summed E-state index contributed by atoms with van der Waals surface area (Å²) in [7, 11) is 0. The molecule has 0 spiro atoms. The molecular formula is C21H25N3O. The third-order valence-electron chi connectivity index (χ3n) is 5.61. The van der Waals surface area contributed by atoms with E-state index in [1.165, 1.54) is 11.1 Å². The SMILES string of the molecule is O=C(CN1CCC(c2ccccc2)CC1)N1CC(c2cccnc2)C1. The monoisotopic (exact) mass is 335 g/mol. The van der Waals surface area contributed by atoms with Crippen LogP contribution >= 0.6 is 0 Å². The van der Waals surface area contributed by atoms with Gasteiger partial charge in [-0.3, -0.25) is 14.7 Å². The maximum atomic E-state index is 12.5. The minimum atomic E-state index is 0.276. The van der Waals surface area contributed by atoms with Gasteiger partial charge in [-0.25, -0.2) is 0 Å². The maximum Gasteiger partial charge on any atom is 0.236 e. The van der Waals surface area contributed by atoms with Crippen molar-refractivity contribution in [2.75, 3.05) is 32.7 Å². The Morgan fingerprint density at radius 1 is 0.960 bits per heavy atom. The van der Waals surface area contributed by atoms with Crippen molar-refractivity contribution < 1.29 is 4.79 Å². The molecule has 3 heterocycles. The first-order valence-corrected chi connectivity index (χ1v) is 9.24. The molecule has 1 amide bonds. The van der Waals surface area contributed by atoms with E-state index in [1.54, 1.807) is 6.20 Å². The minimum absolute atomic E-state index is 0.276. The summed E-state index contributed by atoms with van der Waals surface area (Å²) in [5, 5.41) is 0. The summed E-state index contributed by atoms with van der Waals surface area (Å²) in [6, 6.07) is 14.8. The quantitative estimate of drug-likeness (QED) is 0.862. The van der Waals surface area contributed by atoms with Crippen LogP contribution in [0, 0.1) is 0 Å². The van der Waals surface area contributed by atoms with E-state index < -0.39 is 0 Å². The van der Waals surface area contributed by atoms with Gasteiger partial charge in [0.1, 0.15) is 0 Å². The summed E-state index contributed by atoms with van der Waals surface area (Å²) in [6.07, 6.45) is 6.01. The van der Waals surface area contributed by atoms with Crippen LogP contribution in [0.5, 0.6) is 0 Å². The highest BCUT2D eigenvalue weighted by Gasteiger charge is 2.33. The lowest BCUT2D eigenvalue weighted by molar-refractivity contribution is -0.137. The molecule has 4 rings (SSSR count). The number of carbonyl (C=O) groups excluding carboxylic acids is 1. The molecule has 0 saturated carbocycles. The number of amides is 1. The Balaban J connectivity index is 1.22. The summed E-state index contributed by atoms with van der Waals surface area (Å²) in [5.41, 5.74) is 2.69. The number of carbonyl (C=O) groups is 1. The number of likely N-dealkylation sites (tertiary alicyclic amines) is 2. The van der Waals surface area contributed by atoms with Crippen LogP contribution in [0.3, 0.4) is 0 Å². The molecule has 4 nitrogen and oxygen atoms in total. The van der Waals surface area contributed by atoms with Crippen molar-refractivity contribution in [1.82, 2.24) is 14.8 Å². The first kappa shape index (κ1) is 16.3. The van der Waals surface area contributed by atoms with Gasteiger partial charge in [-0.1, -0.05) is 36.4 Å². The molecule has 2 aromatic rings. The van der Waals surface area contributed by atoms with Crippen LogP contribution in [0.15, 0.2) is 54.9 Å². The van der Waals surface area contributed by atoms with Gasteiger partial charge in [-0.15, -0.1) is 0 Å². The molecule has 25 heavy (non-hydrogen) atoms. The molecule has 1 aromatic carbocycles. The van der Waals surface area contributed by atoms with E-state index >= 15 is 0 Å². The summed E-state index contributed by atoms with van der Waals surface area (Å²) >= 11 is 0. The third kappa shape index (κ3) is 3.74. The Kier molecular flexibility index (Phi) is 4.79. The second kappa shape index (κ2) is 7.36. The Bertz CT molecular complexity index is 690. The molecule has 4 heteroatoms. The molecule has 2 aliphatic rings. The Labute approximate surface area is 149 Å². The van der Waals surface area contributed by atoms with Gasteiger partial charge in [-0.2, -0.15) is 0 Å². The number of benzene rings is 1. The fourth-order valence-corrected chi connectivity index (χ4v) is 3.95. The van der Waals surface area contributed by atoms with Crippen LogP contribution in [0.25, 0.3) is 0 Å². The van der Waals surface area contributed by atoms with Crippen LogP contribution in [-0.2, 0) is 4.79 Å². The van der Waals surface area contributed by atoms with Crippen molar-refractivity contribution in [3.63, 3.8) is 0 Å². The van der Waals surface area contributed by atoms with E-state index in [9.17, 15) is 4.79 Å². The summed E-state index contributed by atoms with van der Waals surface area (Å²) < 4.78 is 0. The Morgan fingerprint density at radius 3 is 2.36 bits per heavy atom. The van der Waals surface area contributed by atoms with Gasteiger partial charge in [0, 0.05) is 31.4 Å². The van der Waals surface area contributed by atoms with Crippen molar-refractivity contribution in [1.29, 1.82) is 0 Å². The zero-order valence-corrected chi connectivity index (χ0v) is 14.6. The van der Waals surface area contributed by atoms with Gasteiger partial charge in [-0.05, 0) is 49.0 Å². The highest BCUT2D eigenvalue weighted by atomic mass is 16.2. The van der Waals surface area contributed by atoms with Crippen LogP contribution < -0.4 is 0 Å². The van der Waals surface area contributed by atoms with Crippen LogP contribution in [0.2, 0.25) is 0 Å². The standard InChI is InChI=1S/C21H25N3O/c25-21(24-14-20(15-24)19-7-4-10-22-13-19)16-23-11-8-18(9-12-23)17-5-2-1-3-6-17/h1-7,10,13,18,20H,8-9,11-12,14-16H2. The number of pyridine rings is 1. The largest absolute Gasteiger partial charge is 0.340 e. The summed E-state index contributed by atoms with van der Waals surface area (Å²) in [5.74, 6) is 1.38. The maximum absolute atomic E-state index is 12.5. The molecular weight excluding hydrogens is 310 g/mol. The van der Waals surface area contributed by atoms with Crippen molar-refractivity contribution in [3.05, 3.63) is 66.0 Å². The van der Waals surface area contributed by atoms with Gasteiger partial charge < -0.3 is 4.90 Å². The van der Waals surface area contributed by atoms with Gasteiger partial charge in [0.25, 0.3) is 0 Å². The average Bonchev–Trinajstić information content (AvgIpc) is 2.63. The van der Waals surface area contributed by atoms with E-state index in [2.05, 4.69) is 46.3 Å². The molecule has 0 atom stereocenters. The first-order valence-electron chi connectivity index (χ1n) is 9.24. The second-order valence-electron chi connectivity index (χ2n) is 7.24. The predicted molar refractivity (Wildman–Crippen MR) is 98.4 cm³/mol. The number of hydrogen-bond acceptors (Lipinski definition) is 3. The molecule has 0 N–H and O–H groups in total. The number of nitrogens with zero attached hydrogens (tertiary/aromatic N) is 3. The third-order valence-corrected chi connectivity index (χ3v) is 5.61. The van der Waals surface area contributed by atoms with Gasteiger partial charge >= 0.3 is 0 Å². The lowest BCUT2D eigenvalue weighted by Crippen LogP contribution is -2.52. The molecule has 130 valence electrons. The van der Waals surface area contributed by atoms with E-state index in [0.29, 0.717) is 18.4 Å². The van der Waals surface area contributed by atoms with E-state index in [1.807, 2.05) is 17.2 Å². The molecule has 2 fully saturated rings. The topological polar surface area (TPSA) is 36.4 Å². The molecule has 0 radical (unpaired) electrons. The van der Waals surface area contributed by atoms with Crippen LogP contribution in [-0.4, -0.2) is 53.4 Å². The second-order valence-corrected chi connectivity index (χ2v) is 7.24. The van der Waals surface area contributed by atoms with E-state index in [-0.39, 0.29) is 5.91 Å². The fraction of sp³-hybridized carbons (Fsp3) is 0.429. The number of rotatable bonds is 4. The van der Waals surface area contributed by atoms with Crippen molar-refractivity contribution in [3.8, 4) is 0 Å². The molecule has 0 unspecified atom stereocenters. The van der Waals surface area contributed by atoms with Crippen molar-refractivity contribution in [2.45, 2.75) is 24.7 Å². The molecule has 2 saturated heterocycles. The predicted octanol–water partition coefficient (Wildman–Crippen LogP) is 2.89. The van der Waals surface area contributed by atoms with Crippen molar-refractivity contribution in [2.24, 2.45) is 0 Å². The van der Waals surface area contributed by atoms with Crippen molar-refractivity contribution >= 4 is 5.91 Å². The highest BCUT2D eigenvalue weighted by molar-refractivity contribution is 5.79. The number of aromatic nitrogens is 1. The van der Waals surface area contributed by atoms with Gasteiger partial charge in [0.15, 0.2) is 0 Å². The molecule has 0 aliphatic carbocycles. The Hall–Kier alpha value is -2.20. The number of piperidine rings is 1.